The van der Waals surface area contributed by atoms with Gasteiger partial charge in [-0.2, -0.15) is 0 Å². The van der Waals surface area contributed by atoms with Crippen molar-refractivity contribution in [3.05, 3.63) is 0 Å². The molecule has 0 aromatic carbocycles. The standard InChI is InChI=1S/C3H9Cl2N3/c1-7-3(5)8-2(4)6/h2-3,7-8H,6H2,1H3. The van der Waals surface area contributed by atoms with Crippen molar-refractivity contribution in [3.8, 4) is 0 Å². The highest BCUT2D eigenvalue weighted by atomic mass is 35.5. The Morgan fingerprint density at radius 1 is 1.50 bits per heavy atom. The van der Waals surface area contributed by atoms with Crippen LogP contribution in [0, 0.1) is 0 Å². The number of halogens is 2. The van der Waals surface area contributed by atoms with Crippen LogP contribution in [0.15, 0.2) is 0 Å². The molecule has 0 spiro atoms. The van der Waals surface area contributed by atoms with Gasteiger partial charge in [0.05, 0.1) is 0 Å². The monoisotopic (exact) mass is 157 g/mol. The Morgan fingerprint density at radius 3 is 2.12 bits per heavy atom. The molecule has 0 aliphatic carbocycles. The maximum absolute atomic E-state index is 5.47. The van der Waals surface area contributed by atoms with Gasteiger partial charge in [-0.3, -0.25) is 10.6 Å². The highest BCUT2D eigenvalue weighted by Gasteiger charge is 2.00. The van der Waals surface area contributed by atoms with Crippen LogP contribution in [0.4, 0.5) is 0 Å². The minimum Gasteiger partial charge on any atom is -0.303 e. The van der Waals surface area contributed by atoms with Gasteiger partial charge in [0.1, 0.15) is 11.2 Å². The molecule has 2 atom stereocenters. The fraction of sp³-hybridized carbons (Fsp3) is 1.00. The van der Waals surface area contributed by atoms with Gasteiger partial charge in [-0.25, -0.2) is 0 Å². The first-order valence-electron chi connectivity index (χ1n) is 2.14. The van der Waals surface area contributed by atoms with Crippen molar-refractivity contribution in [1.29, 1.82) is 0 Å². The molecule has 0 heterocycles. The van der Waals surface area contributed by atoms with Gasteiger partial charge < -0.3 is 5.73 Å². The molecule has 5 heteroatoms. The third-order valence-corrected chi connectivity index (χ3v) is 1.03. The average molecular weight is 158 g/mol. The van der Waals surface area contributed by atoms with Crippen LogP contribution in [0.1, 0.15) is 0 Å². The molecule has 0 aromatic heterocycles. The third-order valence-electron chi connectivity index (χ3n) is 0.559. The Balaban J connectivity index is 3.10. The zero-order chi connectivity index (χ0) is 6.57. The van der Waals surface area contributed by atoms with Crippen molar-refractivity contribution in [2.24, 2.45) is 5.73 Å². The minimum absolute atomic E-state index is 0.359. The molecule has 4 N–H and O–H groups in total. The molecule has 0 saturated carbocycles. The quantitative estimate of drug-likeness (QED) is 0.303. The highest BCUT2D eigenvalue weighted by Crippen LogP contribution is 1.86. The number of alkyl halides is 2. The van der Waals surface area contributed by atoms with E-state index in [9.17, 15) is 0 Å². The molecule has 0 amide bonds. The van der Waals surface area contributed by atoms with E-state index in [0.29, 0.717) is 0 Å². The summed E-state index contributed by atoms with van der Waals surface area (Å²) in [7, 11) is 1.70. The molecule has 3 nitrogen and oxygen atoms in total. The molecule has 0 rings (SSSR count). The van der Waals surface area contributed by atoms with Crippen molar-refractivity contribution >= 4 is 23.2 Å². The topological polar surface area (TPSA) is 50.1 Å². The number of nitrogens with two attached hydrogens (primary N) is 1. The lowest BCUT2D eigenvalue weighted by molar-refractivity contribution is 0.561. The van der Waals surface area contributed by atoms with Gasteiger partial charge in [0.2, 0.25) is 0 Å². The molecular weight excluding hydrogens is 149 g/mol. The van der Waals surface area contributed by atoms with E-state index in [0.717, 1.165) is 0 Å². The summed E-state index contributed by atoms with van der Waals surface area (Å²) in [6.07, 6.45) is 0. The Bertz CT molecular complexity index is 58.5. The molecule has 0 bridgehead atoms. The molecule has 2 unspecified atom stereocenters. The van der Waals surface area contributed by atoms with Crippen molar-refractivity contribution in [2.45, 2.75) is 11.2 Å². The zero-order valence-corrected chi connectivity index (χ0v) is 6.00. The van der Waals surface area contributed by atoms with Crippen molar-refractivity contribution in [1.82, 2.24) is 10.6 Å². The minimum atomic E-state index is -0.593. The van der Waals surface area contributed by atoms with E-state index in [4.69, 9.17) is 28.9 Å². The molecular formula is C3H9Cl2N3. The van der Waals surface area contributed by atoms with Crippen LogP contribution in [0.2, 0.25) is 0 Å². The average Bonchev–Trinajstić information content (AvgIpc) is 1.65. The first-order valence-corrected chi connectivity index (χ1v) is 3.01. The summed E-state index contributed by atoms with van der Waals surface area (Å²) in [6.45, 7) is 0. The van der Waals surface area contributed by atoms with E-state index >= 15 is 0 Å². The summed E-state index contributed by atoms with van der Waals surface area (Å²) >= 11 is 10.8. The van der Waals surface area contributed by atoms with E-state index < -0.39 is 5.62 Å². The summed E-state index contributed by atoms with van der Waals surface area (Å²) in [5.74, 6) is 0. The van der Waals surface area contributed by atoms with Gasteiger partial charge in [-0.1, -0.05) is 23.2 Å². The van der Waals surface area contributed by atoms with Gasteiger partial charge in [-0.15, -0.1) is 0 Å². The van der Waals surface area contributed by atoms with Crippen LogP contribution >= 0.6 is 23.2 Å². The third kappa shape index (κ3) is 4.61. The molecule has 0 saturated heterocycles. The lowest BCUT2D eigenvalue weighted by atomic mass is 10.9. The Kier molecular flexibility index (Phi) is 4.60. The van der Waals surface area contributed by atoms with Crippen LogP contribution in [0.5, 0.6) is 0 Å². The van der Waals surface area contributed by atoms with E-state index in [1.165, 1.54) is 0 Å². The van der Waals surface area contributed by atoms with Crippen LogP contribution in [-0.2, 0) is 0 Å². The van der Waals surface area contributed by atoms with E-state index in [1.54, 1.807) is 7.05 Å². The molecule has 0 aliphatic heterocycles. The van der Waals surface area contributed by atoms with Crippen molar-refractivity contribution in [2.75, 3.05) is 7.05 Å². The van der Waals surface area contributed by atoms with E-state index in [2.05, 4.69) is 10.6 Å². The Morgan fingerprint density at radius 2 is 2.00 bits per heavy atom. The Labute approximate surface area is 58.5 Å². The smallest absolute Gasteiger partial charge is 0.137 e. The van der Waals surface area contributed by atoms with Crippen LogP contribution in [0.25, 0.3) is 0 Å². The van der Waals surface area contributed by atoms with Crippen LogP contribution in [-0.4, -0.2) is 18.3 Å². The van der Waals surface area contributed by atoms with Gasteiger partial charge in [-0.05, 0) is 7.05 Å². The van der Waals surface area contributed by atoms with Crippen LogP contribution < -0.4 is 16.4 Å². The summed E-state index contributed by atoms with van der Waals surface area (Å²) in [5, 5.41) is 5.28. The number of hydrogen-bond acceptors (Lipinski definition) is 3. The van der Waals surface area contributed by atoms with Gasteiger partial charge >= 0.3 is 0 Å². The van der Waals surface area contributed by atoms with E-state index in [1.807, 2.05) is 0 Å². The maximum Gasteiger partial charge on any atom is 0.137 e. The summed E-state index contributed by atoms with van der Waals surface area (Å²) in [4.78, 5) is 0. The predicted octanol–water partition coefficient (Wildman–Crippen LogP) is -0.201. The predicted molar refractivity (Wildman–Crippen MR) is 35.7 cm³/mol. The lowest BCUT2D eigenvalue weighted by Crippen LogP contribution is -2.43. The number of nitrogens with one attached hydrogen (secondary N) is 2. The fourth-order valence-electron chi connectivity index (χ4n) is 0.223. The zero-order valence-electron chi connectivity index (χ0n) is 4.49. The summed E-state index contributed by atoms with van der Waals surface area (Å²) in [6, 6.07) is 0. The molecule has 50 valence electrons. The van der Waals surface area contributed by atoms with Gasteiger partial charge in [0.15, 0.2) is 0 Å². The number of rotatable bonds is 3. The fourth-order valence-corrected chi connectivity index (χ4v) is 0.549. The summed E-state index contributed by atoms with van der Waals surface area (Å²) < 4.78 is 0. The molecule has 0 fully saturated rings. The SMILES string of the molecule is CNC(Cl)NC(N)Cl. The van der Waals surface area contributed by atoms with E-state index in [-0.39, 0.29) is 5.62 Å². The highest BCUT2D eigenvalue weighted by molar-refractivity contribution is 6.22. The van der Waals surface area contributed by atoms with Crippen molar-refractivity contribution < 1.29 is 0 Å². The first-order chi connectivity index (χ1) is 3.66. The molecule has 8 heavy (non-hydrogen) atoms. The number of hydrogen-bond donors (Lipinski definition) is 3. The largest absolute Gasteiger partial charge is 0.303 e. The Hall–Kier alpha value is 0.460. The first kappa shape index (κ1) is 8.46. The normalized spacial score (nSPS) is 18.0. The van der Waals surface area contributed by atoms with Gasteiger partial charge in [0.25, 0.3) is 0 Å². The van der Waals surface area contributed by atoms with Crippen LogP contribution in [0.3, 0.4) is 0 Å². The second kappa shape index (κ2) is 4.35. The maximum atomic E-state index is 5.47. The second-order valence-electron chi connectivity index (χ2n) is 1.22. The summed E-state index contributed by atoms with van der Waals surface area (Å²) in [5.41, 5.74) is 4.15. The molecule has 0 radical (unpaired) electrons. The van der Waals surface area contributed by atoms with Gasteiger partial charge in [0, 0.05) is 0 Å². The van der Waals surface area contributed by atoms with Crippen molar-refractivity contribution in [3.63, 3.8) is 0 Å². The second-order valence-corrected chi connectivity index (χ2v) is 2.13. The lowest BCUT2D eigenvalue weighted by Gasteiger charge is -2.10. The molecule has 0 aromatic rings. The molecule has 0 aliphatic rings.